The van der Waals surface area contributed by atoms with Gasteiger partial charge in [-0.05, 0) is 25.2 Å². The van der Waals surface area contributed by atoms with Crippen LogP contribution in [0.3, 0.4) is 0 Å². The molecule has 0 saturated carbocycles. The molecule has 2 amide bonds. The molecule has 1 saturated heterocycles. The molecule has 0 bridgehead atoms. The van der Waals surface area contributed by atoms with Gasteiger partial charge in [-0.3, -0.25) is 9.59 Å². The molecule has 196 valence electrons. The lowest BCUT2D eigenvalue weighted by Crippen LogP contribution is -2.54. The predicted molar refractivity (Wildman–Crippen MR) is 131 cm³/mol. The first kappa shape index (κ1) is 28.6. The second-order valence-electron chi connectivity index (χ2n) is 9.37. The molecule has 1 N–H and O–H groups in total. The molecule has 0 spiro atoms. The number of aromatic nitrogens is 2. The van der Waals surface area contributed by atoms with E-state index < -0.39 is 24.0 Å². The zero-order chi connectivity index (χ0) is 25.8. The number of imide groups is 1. The molecule has 3 atom stereocenters. The molecule has 2 heterocycles. The Kier molecular flexibility index (Phi) is 12.0. The molecule has 1 aliphatic heterocycles. The summed E-state index contributed by atoms with van der Waals surface area (Å²) in [4.78, 5) is 43.1. The van der Waals surface area contributed by atoms with Gasteiger partial charge in [-0.15, -0.1) is 0 Å². The highest BCUT2D eigenvalue weighted by Gasteiger charge is 2.42. The molecule has 1 aromatic heterocycles. The number of esters is 1. The van der Waals surface area contributed by atoms with Crippen molar-refractivity contribution in [3.05, 3.63) is 30.4 Å². The number of carbonyl (C=O) groups is 3. The lowest BCUT2D eigenvalue weighted by Gasteiger charge is -2.38. The summed E-state index contributed by atoms with van der Waals surface area (Å²) in [6, 6.07) is -0.291. The van der Waals surface area contributed by atoms with Crippen LogP contribution in [0.2, 0.25) is 0 Å². The molecule has 0 unspecified atom stereocenters. The molecular formula is C26H41N3O6. The van der Waals surface area contributed by atoms with Gasteiger partial charge in [0, 0.05) is 25.4 Å². The minimum atomic E-state index is -1.15. The largest absolute Gasteiger partial charge is 0.469 e. The molecular weight excluding hydrogens is 450 g/mol. The van der Waals surface area contributed by atoms with Gasteiger partial charge in [-0.25, -0.2) is 14.7 Å². The summed E-state index contributed by atoms with van der Waals surface area (Å²) in [5, 5.41) is 11.4. The van der Waals surface area contributed by atoms with Crippen molar-refractivity contribution in [1.29, 1.82) is 0 Å². The van der Waals surface area contributed by atoms with Crippen LogP contribution in [0.15, 0.2) is 24.7 Å². The zero-order valence-corrected chi connectivity index (χ0v) is 21.5. The number of amides is 2. The molecule has 1 aliphatic rings. The van der Waals surface area contributed by atoms with Crippen LogP contribution in [0.4, 0.5) is 4.79 Å². The summed E-state index contributed by atoms with van der Waals surface area (Å²) in [5.74, 6) is -1.62. The van der Waals surface area contributed by atoms with E-state index in [1.807, 2.05) is 18.4 Å². The molecule has 0 aliphatic carbocycles. The van der Waals surface area contributed by atoms with E-state index in [1.54, 1.807) is 24.7 Å². The first-order chi connectivity index (χ1) is 16.8. The number of ether oxygens (including phenoxy) is 2. The number of rotatable bonds is 14. The van der Waals surface area contributed by atoms with E-state index >= 15 is 0 Å². The minimum absolute atomic E-state index is 0.0595. The van der Waals surface area contributed by atoms with Crippen molar-refractivity contribution in [2.45, 2.75) is 90.8 Å². The van der Waals surface area contributed by atoms with Crippen molar-refractivity contribution in [3.63, 3.8) is 0 Å². The zero-order valence-electron chi connectivity index (χ0n) is 21.5. The lowest BCUT2D eigenvalue weighted by molar-refractivity contribution is -0.143. The van der Waals surface area contributed by atoms with Crippen molar-refractivity contribution in [3.8, 4) is 0 Å². The first-order valence-electron chi connectivity index (χ1n) is 12.7. The number of carbonyl (C=O) groups excluding carboxylic acids is 3. The van der Waals surface area contributed by atoms with E-state index in [9.17, 15) is 19.5 Å². The fourth-order valence-corrected chi connectivity index (χ4v) is 4.37. The van der Waals surface area contributed by atoms with Crippen molar-refractivity contribution in [2.75, 3.05) is 13.7 Å². The quantitative estimate of drug-likeness (QED) is 0.233. The summed E-state index contributed by atoms with van der Waals surface area (Å²) in [5.41, 5.74) is 0.550. The van der Waals surface area contributed by atoms with E-state index in [-0.39, 0.29) is 37.4 Å². The van der Waals surface area contributed by atoms with Crippen molar-refractivity contribution in [2.24, 2.45) is 11.8 Å². The van der Waals surface area contributed by atoms with Gasteiger partial charge in [0.1, 0.15) is 6.10 Å². The maximum atomic E-state index is 13.7. The Balaban J connectivity index is 2.25. The van der Waals surface area contributed by atoms with Crippen LogP contribution in [-0.2, 0) is 25.6 Å². The number of cyclic esters (lactones) is 1. The third-order valence-corrected chi connectivity index (χ3v) is 6.47. The third kappa shape index (κ3) is 8.19. The highest BCUT2D eigenvalue weighted by atomic mass is 16.6. The van der Waals surface area contributed by atoms with Gasteiger partial charge in [0.15, 0.2) is 0 Å². The van der Waals surface area contributed by atoms with Gasteiger partial charge < -0.3 is 19.1 Å². The lowest BCUT2D eigenvalue weighted by atomic mass is 9.91. The standard InChI is InChI=1S/C26H41N3O6/c1-5-6-7-11-15-28-18-27-17-22(28)24(31)20(12-9-8-10-13-23(30)34-4)25(32)29-21(19(2)3)14-16-35-26(29)33/h8-9,17-21,24,31H,5-7,10-16H2,1-4H3/b9-8-/t20-,21-,24-/m0/s1. The highest BCUT2D eigenvalue weighted by Crippen LogP contribution is 2.31. The number of nitrogens with zero attached hydrogens (tertiary/aromatic N) is 3. The van der Waals surface area contributed by atoms with E-state index in [0.29, 0.717) is 25.1 Å². The monoisotopic (exact) mass is 491 g/mol. The fourth-order valence-electron chi connectivity index (χ4n) is 4.37. The summed E-state index contributed by atoms with van der Waals surface area (Å²) in [7, 11) is 1.34. The fraction of sp³-hybridized carbons (Fsp3) is 0.692. The molecule has 1 aromatic rings. The molecule has 1 fully saturated rings. The number of hydrogen-bond donors (Lipinski definition) is 1. The Morgan fingerprint density at radius 1 is 1.29 bits per heavy atom. The maximum absolute atomic E-state index is 13.7. The Labute approximate surface area is 208 Å². The normalized spacial score (nSPS) is 18.1. The molecule has 9 heteroatoms. The number of aliphatic hydroxyl groups excluding tert-OH is 1. The van der Waals surface area contributed by atoms with Gasteiger partial charge in [0.25, 0.3) is 0 Å². The molecule has 2 rings (SSSR count). The first-order valence-corrected chi connectivity index (χ1v) is 12.7. The Bertz CT molecular complexity index is 850. The average molecular weight is 492 g/mol. The Hall–Kier alpha value is -2.68. The third-order valence-electron chi connectivity index (χ3n) is 6.47. The number of methoxy groups -OCH3 is 1. The molecule has 0 radical (unpaired) electrons. The van der Waals surface area contributed by atoms with E-state index in [0.717, 1.165) is 25.7 Å². The molecule has 35 heavy (non-hydrogen) atoms. The summed E-state index contributed by atoms with van der Waals surface area (Å²) in [6.07, 6.45) is 10.7. The maximum Gasteiger partial charge on any atom is 0.416 e. The van der Waals surface area contributed by atoms with Gasteiger partial charge in [-0.2, -0.15) is 0 Å². The summed E-state index contributed by atoms with van der Waals surface area (Å²) in [6.45, 7) is 7.05. The number of unbranched alkanes of at least 4 members (excludes halogenated alkanes) is 3. The number of allylic oxidation sites excluding steroid dienone is 2. The SMILES string of the molecule is CCCCCCn1cncc1[C@@H](O)[C@H](C/C=C\CCC(=O)OC)C(=O)N1C(=O)OCC[C@H]1C(C)C. The van der Waals surface area contributed by atoms with E-state index in [4.69, 9.17) is 4.74 Å². The van der Waals surface area contributed by atoms with Gasteiger partial charge in [0.2, 0.25) is 5.91 Å². The predicted octanol–water partition coefficient (Wildman–Crippen LogP) is 4.41. The van der Waals surface area contributed by atoms with Gasteiger partial charge >= 0.3 is 12.1 Å². The average Bonchev–Trinajstić information content (AvgIpc) is 3.31. The van der Waals surface area contributed by atoms with Crippen LogP contribution in [0, 0.1) is 11.8 Å². The second-order valence-corrected chi connectivity index (χ2v) is 9.37. The Morgan fingerprint density at radius 2 is 2.06 bits per heavy atom. The molecule has 9 nitrogen and oxygen atoms in total. The second kappa shape index (κ2) is 14.7. The Morgan fingerprint density at radius 3 is 2.74 bits per heavy atom. The summed E-state index contributed by atoms with van der Waals surface area (Å²) < 4.78 is 11.7. The van der Waals surface area contributed by atoms with Crippen molar-refractivity contribution in [1.82, 2.24) is 14.5 Å². The summed E-state index contributed by atoms with van der Waals surface area (Å²) >= 11 is 0. The van der Waals surface area contributed by atoms with Crippen LogP contribution in [-0.4, -0.2) is 57.3 Å². The number of aliphatic hydroxyl groups is 1. The minimum Gasteiger partial charge on any atom is -0.469 e. The van der Waals surface area contributed by atoms with E-state index in [1.165, 1.54) is 12.0 Å². The number of aryl methyl sites for hydroxylation is 1. The van der Waals surface area contributed by atoms with Gasteiger partial charge in [0.05, 0.1) is 37.9 Å². The van der Waals surface area contributed by atoms with Crippen LogP contribution < -0.4 is 0 Å². The van der Waals surface area contributed by atoms with Crippen molar-refractivity contribution >= 4 is 18.0 Å². The van der Waals surface area contributed by atoms with Crippen LogP contribution in [0.5, 0.6) is 0 Å². The van der Waals surface area contributed by atoms with Crippen LogP contribution >= 0.6 is 0 Å². The number of imidazole rings is 1. The van der Waals surface area contributed by atoms with Gasteiger partial charge in [-0.1, -0.05) is 52.2 Å². The van der Waals surface area contributed by atoms with Crippen LogP contribution in [0.1, 0.15) is 83.9 Å². The van der Waals surface area contributed by atoms with Crippen LogP contribution in [0.25, 0.3) is 0 Å². The van der Waals surface area contributed by atoms with Crippen molar-refractivity contribution < 1.29 is 29.0 Å². The number of hydrogen-bond acceptors (Lipinski definition) is 7. The molecule has 0 aromatic carbocycles. The highest BCUT2D eigenvalue weighted by molar-refractivity contribution is 5.94. The smallest absolute Gasteiger partial charge is 0.416 e. The van der Waals surface area contributed by atoms with E-state index in [2.05, 4.69) is 16.6 Å². The topological polar surface area (TPSA) is 111 Å².